The predicted molar refractivity (Wildman–Crippen MR) is 82.2 cm³/mol. The Labute approximate surface area is 141 Å². The lowest BCUT2D eigenvalue weighted by Crippen LogP contribution is -2.53. The number of hydrogen-bond donors (Lipinski definition) is 1. The number of benzene rings is 1. The summed E-state index contributed by atoms with van der Waals surface area (Å²) in [5.41, 5.74) is 0.716. The van der Waals surface area contributed by atoms with Crippen LogP contribution in [0.25, 0.3) is 11.4 Å². The van der Waals surface area contributed by atoms with Gasteiger partial charge in [0.15, 0.2) is 6.04 Å². The van der Waals surface area contributed by atoms with Gasteiger partial charge >= 0.3 is 5.97 Å². The molecule has 1 saturated heterocycles. The standard InChI is InChI=1S/C14H14ClN5O4/c15-10-3-1-9(2-4-10)13-16-18-20(17-13)7-12(21)19-5-6-24-8-11(19)14(22)23/h1-4,11H,5-8H2,(H,22,23). The highest BCUT2D eigenvalue weighted by Gasteiger charge is 2.33. The molecule has 1 aromatic carbocycles. The fraction of sp³-hybridized carbons (Fsp3) is 0.357. The van der Waals surface area contributed by atoms with Gasteiger partial charge in [0.25, 0.3) is 0 Å². The highest BCUT2D eigenvalue weighted by atomic mass is 35.5. The molecule has 1 aromatic heterocycles. The zero-order valence-electron chi connectivity index (χ0n) is 12.5. The van der Waals surface area contributed by atoms with Crippen LogP contribution in [0.1, 0.15) is 0 Å². The number of carbonyl (C=O) groups is 2. The summed E-state index contributed by atoms with van der Waals surface area (Å²) in [4.78, 5) is 25.9. The Kier molecular flexibility index (Phi) is 4.72. The van der Waals surface area contributed by atoms with Crippen molar-refractivity contribution in [2.45, 2.75) is 12.6 Å². The Morgan fingerprint density at radius 3 is 2.79 bits per heavy atom. The summed E-state index contributed by atoms with van der Waals surface area (Å²) < 4.78 is 5.11. The molecule has 0 bridgehead atoms. The topological polar surface area (TPSA) is 110 Å². The molecular formula is C14H14ClN5O4. The maximum atomic E-state index is 12.3. The lowest BCUT2D eigenvalue weighted by molar-refractivity contribution is -0.158. The van der Waals surface area contributed by atoms with Gasteiger partial charge in [0.1, 0.15) is 6.54 Å². The van der Waals surface area contributed by atoms with E-state index >= 15 is 0 Å². The van der Waals surface area contributed by atoms with Crippen LogP contribution in [0.2, 0.25) is 5.02 Å². The molecule has 3 rings (SSSR count). The molecule has 126 valence electrons. The molecule has 10 heteroatoms. The molecule has 1 N–H and O–H groups in total. The minimum atomic E-state index is -1.10. The van der Waals surface area contributed by atoms with Crippen LogP contribution in [0.15, 0.2) is 24.3 Å². The first kappa shape index (κ1) is 16.3. The minimum Gasteiger partial charge on any atom is -0.480 e. The summed E-state index contributed by atoms with van der Waals surface area (Å²) in [7, 11) is 0. The average molecular weight is 352 g/mol. The smallest absolute Gasteiger partial charge is 0.328 e. The van der Waals surface area contributed by atoms with Crippen LogP contribution in [0.3, 0.4) is 0 Å². The molecular weight excluding hydrogens is 338 g/mol. The number of carboxylic acid groups (broad SMARTS) is 1. The lowest BCUT2D eigenvalue weighted by atomic mass is 10.2. The summed E-state index contributed by atoms with van der Waals surface area (Å²) in [5, 5.41) is 21.6. The van der Waals surface area contributed by atoms with Crippen LogP contribution in [0.4, 0.5) is 0 Å². The zero-order valence-corrected chi connectivity index (χ0v) is 13.3. The highest BCUT2D eigenvalue weighted by Crippen LogP contribution is 2.17. The summed E-state index contributed by atoms with van der Waals surface area (Å²) in [5.74, 6) is -1.14. The van der Waals surface area contributed by atoms with E-state index in [9.17, 15) is 9.59 Å². The second kappa shape index (κ2) is 6.93. The first-order valence-corrected chi connectivity index (χ1v) is 7.56. The third kappa shape index (κ3) is 3.52. The van der Waals surface area contributed by atoms with Crippen LogP contribution in [-0.4, -0.2) is 67.9 Å². The second-order valence-corrected chi connectivity index (χ2v) is 5.60. The number of tetrazole rings is 1. The minimum absolute atomic E-state index is 0.0259. The first-order valence-electron chi connectivity index (χ1n) is 7.18. The van der Waals surface area contributed by atoms with E-state index in [0.29, 0.717) is 23.0 Å². The number of rotatable bonds is 4. The molecule has 2 aromatic rings. The molecule has 0 radical (unpaired) electrons. The number of ether oxygens (including phenoxy) is 1. The van der Waals surface area contributed by atoms with Crippen molar-refractivity contribution in [1.29, 1.82) is 0 Å². The van der Waals surface area contributed by atoms with Crippen molar-refractivity contribution in [3.05, 3.63) is 29.3 Å². The molecule has 0 aliphatic carbocycles. The summed E-state index contributed by atoms with van der Waals surface area (Å²) in [6, 6.07) is 5.90. The van der Waals surface area contributed by atoms with E-state index in [4.69, 9.17) is 21.4 Å². The molecule has 2 heterocycles. The van der Waals surface area contributed by atoms with E-state index in [0.717, 1.165) is 4.80 Å². The Morgan fingerprint density at radius 2 is 2.08 bits per heavy atom. The van der Waals surface area contributed by atoms with Crippen molar-refractivity contribution in [3.8, 4) is 11.4 Å². The number of amides is 1. The van der Waals surface area contributed by atoms with Crippen LogP contribution in [0, 0.1) is 0 Å². The zero-order chi connectivity index (χ0) is 17.1. The van der Waals surface area contributed by atoms with Gasteiger partial charge in [0, 0.05) is 17.1 Å². The highest BCUT2D eigenvalue weighted by molar-refractivity contribution is 6.30. The summed E-state index contributed by atoms with van der Waals surface area (Å²) in [6.45, 7) is 0.303. The third-order valence-corrected chi connectivity index (χ3v) is 3.82. The number of carboxylic acids is 1. The number of nitrogens with zero attached hydrogens (tertiary/aromatic N) is 5. The largest absolute Gasteiger partial charge is 0.480 e. The number of aromatic nitrogens is 4. The number of aliphatic carboxylic acids is 1. The first-order chi connectivity index (χ1) is 11.5. The van der Waals surface area contributed by atoms with E-state index in [1.807, 2.05) is 0 Å². The summed E-state index contributed by atoms with van der Waals surface area (Å²) >= 11 is 5.83. The van der Waals surface area contributed by atoms with Crippen LogP contribution < -0.4 is 0 Å². The van der Waals surface area contributed by atoms with Gasteiger partial charge in [0.2, 0.25) is 11.7 Å². The van der Waals surface area contributed by atoms with E-state index < -0.39 is 17.9 Å². The van der Waals surface area contributed by atoms with E-state index in [2.05, 4.69) is 15.4 Å². The normalized spacial score (nSPS) is 17.7. The maximum Gasteiger partial charge on any atom is 0.328 e. The van der Waals surface area contributed by atoms with Crippen molar-refractivity contribution >= 4 is 23.5 Å². The maximum absolute atomic E-state index is 12.3. The van der Waals surface area contributed by atoms with E-state index in [1.165, 1.54) is 4.90 Å². The van der Waals surface area contributed by atoms with Crippen molar-refractivity contribution < 1.29 is 19.4 Å². The van der Waals surface area contributed by atoms with Gasteiger partial charge < -0.3 is 14.7 Å². The molecule has 1 fully saturated rings. The van der Waals surface area contributed by atoms with Crippen molar-refractivity contribution in [1.82, 2.24) is 25.1 Å². The molecule has 1 unspecified atom stereocenters. The average Bonchev–Trinajstić information content (AvgIpc) is 3.04. The molecule has 0 saturated carbocycles. The number of halogens is 1. The van der Waals surface area contributed by atoms with Gasteiger partial charge in [-0.3, -0.25) is 4.79 Å². The fourth-order valence-corrected chi connectivity index (χ4v) is 2.47. The fourth-order valence-electron chi connectivity index (χ4n) is 2.34. The van der Waals surface area contributed by atoms with Crippen molar-refractivity contribution in [2.75, 3.05) is 19.8 Å². The van der Waals surface area contributed by atoms with Crippen LogP contribution in [0.5, 0.6) is 0 Å². The van der Waals surface area contributed by atoms with Gasteiger partial charge in [-0.05, 0) is 29.5 Å². The van der Waals surface area contributed by atoms with Gasteiger partial charge in [-0.2, -0.15) is 4.80 Å². The van der Waals surface area contributed by atoms with Gasteiger partial charge in [-0.1, -0.05) is 11.6 Å². The Bertz CT molecular complexity index is 748. The molecule has 1 atom stereocenters. The number of hydrogen-bond acceptors (Lipinski definition) is 6. The molecule has 9 nitrogen and oxygen atoms in total. The van der Waals surface area contributed by atoms with Crippen molar-refractivity contribution in [2.24, 2.45) is 0 Å². The van der Waals surface area contributed by atoms with Crippen LogP contribution >= 0.6 is 11.6 Å². The Morgan fingerprint density at radius 1 is 1.33 bits per heavy atom. The Balaban J connectivity index is 1.70. The predicted octanol–water partition coefficient (Wildman–Crippen LogP) is 0.305. The van der Waals surface area contributed by atoms with Crippen LogP contribution in [-0.2, 0) is 20.9 Å². The lowest BCUT2D eigenvalue weighted by Gasteiger charge is -2.32. The molecule has 1 aliphatic rings. The third-order valence-electron chi connectivity index (χ3n) is 3.57. The molecule has 1 aliphatic heterocycles. The van der Waals surface area contributed by atoms with Gasteiger partial charge in [-0.25, -0.2) is 4.79 Å². The van der Waals surface area contributed by atoms with E-state index in [1.54, 1.807) is 24.3 Å². The SMILES string of the molecule is O=C(O)C1COCCN1C(=O)Cn1nnc(-c2ccc(Cl)cc2)n1. The number of morpholine rings is 1. The molecule has 24 heavy (non-hydrogen) atoms. The molecule has 1 amide bonds. The Hall–Kier alpha value is -2.52. The van der Waals surface area contributed by atoms with Gasteiger partial charge in [-0.15, -0.1) is 10.2 Å². The number of carbonyl (C=O) groups excluding carboxylic acids is 1. The molecule has 0 spiro atoms. The van der Waals surface area contributed by atoms with Gasteiger partial charge in [0.05, 0.1) is 13.2 Å². The quantitative estimate of drug-likeness (QED) is 0.843. The summed E-state index contributed by atoms with van der Waals surface area (Å²) in [6.07, 6.45) is 0. The van der Waals surface area contributed by atoms with Crippen molar-refractivity contribution in [3.63, 3.8) is 0 Å². The monoisotopic (exact) mass is 351 g/mol. The second-order valence-electron chi connectivity index (χ2n) is 5.17. The van der Waals surface area contributed by atoms with E-state index in [-0.39, 0.29) is 19.7 Å².